The third-order valence-corrected chi connectivity index (χ3v) is 6.13. The second-order valence-electron chi connectivity index (χ2n) is 7.73. The Morgan fingerprint density at radius 1 is 1.07 bits per heavy atom. The van der Waals surface area contributed by atoms with Crippen LogP contribution in [0.1, 0.15) is 80.1 Å². The zero-order valence-electron chi connectivity index (χ0n) is 15.5. The van der Waals surface area contributed by atoms with Crippen LogP contribution in [-0.4, -0.2) is 39.8 Å². The second-order valence-corrected chi connectivity index (χ2v) is 8.08. The molecule has 0 bridgehead atoms. The van der Waals surface area contributed by atoms with Gasteiger partial charge < -0.3 is 14.2 Å². The van der Waals surface area contributed by atoms with Crippen molar-refractivity contribution >= 4 is 17.4 Å². The summed E-state index contributed by atoms with van der Waals surface area (Å²) >= 11 is 6.53. The van der Waals surface area contributed by atoms with Crippen LogP contribution in [0, 0.1) is 0 Å². The number of morpholine rings is 1. The van der Waals surface area contributed by atoms with Crippen molar-refractivity contribution in [1.29, 1.82) is 0 Å². The maximum Gasteiger partial charge on any atom is 0.229 e. The summed E-state index contributed by atoms with van der Waals surface area (Å²) in [7, 11) is 0. The lowest BCUT2D eigenvalue weighted by atomic mass is 9.85. The van der Waals surface area contributed by atoms with E-state index in [2.05, 4.69) is 26.9 Å². The van der Waals surface area contributed by atoms with E-state index in [9.17, 15) is 0 Å². The highest BCUT2D eigenvalue weighted by Crippen LogP contribution is 2.40. The van der Waals surface area contributed by atoms with Crippen LogP contribution < -0.4 is 4.90 Å². The molecule has 0 amide bonds. The molecule has 1 unspecified atom stereocenters. The van der Waals surface area contributed by atoms with Gasteiger partial charge in [-0.3, -0.25) is 0 Å². The molecule has 1 atom stereocenters. The third kappa shape index (κ3) is 3.31. The van der Waals surface area contributed by atoms with Crippen molar-refractivity contribution in [2.45, 2.75) is 63.4 Å². The number of ether oxygens (including phenoxy) is 1. The van der Waals surface area contributed by atoms with Gasteiger partial charge in [-0.1, -0.05) is 30.1 Å². The molecule has 8 heteroatoms. The van der Waals surface area contributed by atoms with Crippen molar-refractivity contribution in [3.05, 3.63) is 28.3 Å². The van der Waals surface area contributed by atoms with Crippen molar-refractivity contribution in [1.82, 2.24) is 20.1 Å². The van der Waals surface area contributed by atoms with Gasteiger partial charge in [-0.2, -0.15) is 4.98 Å². The number of nitrogens with zero attached hydrogens (tertiary/aromatic N) is 5. The molecule has 2 aliphatic carbocycles. The number of hydrogen-bond acceptors (Lipinski definition) is 7. The zero-order chi connectivity index (χ0) is 18.4. The Morgan fingerprint density at radius 3 is 2.63 bits per heavy atom. The summed E-state index contributed by atoms with van der Waals surface area (Å²) in [6, 6.07) is 0. The van der Waals surface area contributed by atoms with Crippen molar-refractivity contribution in [3.63, 3.8) is 0 Å². The van der Waals surface area contributed by atoms with E-state index in [-0.39, 0.29) is 6.10 Å². The number of rotatable bonds is 5. The van der Waals surface area contributed by atoms with E-state index in [0.29, 0.717) is 36.0 Å². The first kappa shape index (κ1) is 17.4. The molecule has 3 heterocycles. The van der Waals surface area contributed by atoms with Crippen molar-refractivity contribution in [3.8, 4) is 0 Å². The van der Waals surface area contributed by atoms with Gasteiger partial charge in [0.25, 0.3) is 0 Å². The number of hydrogen-bond donors (Lipinski definition) is 0. The molecule has 5 rings (SSSR count). The second kappa shape index (κ2) is 7.02. The molecular formula is C19H24ClN5O2. The molecule has 27 heavy (non-hydrogen) atoms. The molecule has 2 saturated carbocycles. The lowest BCUT2D eigenvalue weighted by Gasteiger charge is -2.34. The highest BCUT2D eigenvalue weighted by atomic mass is 35.5. The SMILES string of the molecule is CCc1c(Cl)nc(C2CCC2)nc1N1CCOC(c2noc(C3CC3)n2)C1. The minimum Gasteiger partial charge on any atom is -0.366 e. The summed E-state index contributed by atoms with van der Waals surface area (Å²) in [5.41, 5.74) is 1.01. The minimum atomic E-state index is -0.208. The van der Waals surface area contributed by atoms with Gasteiger partial charge in [0.05, 0.1) is 13.2 Å². The van der Waals surface area contributed by atoms with Gasteiger partial charge in [0, 0.05) is 23.9 Å². The van der Waals surface area contributed by atoms with Crippen molar-refractivity contribution < 1.29 is 9.26 Å². The Labute approximate surface area is 163 Å². The smallest absolute Gasteiger partial charge is 0.229 e. The van der Waals surface area contributed by atoms with E-state index in [1.54, 1.807) is 0 Å². The highest BCUT2D eigenvalue weighted by Gasteiger charge is 2.34. The first-order valence-electron chi connectivity index (χ1n) is 9.99. The number of halogens is 1. The molecule has 3 aliphatic rings. The molecule has 3 fully saturated rings. The molecule has 0 spiro atoms. The lowest BCUT2D eigenvalue weighted by molar-refractivity contribution is 0.0323. The van der Waals surface area contributed by atoms with Crippen LogP contribution in [0.5, 0.6) is 0 Å². The van der Waals surface area contributed by atoms with Gasteiger partial charge in [-0.15, -0.1) is 0 Å². The van der Waals surface area contributed by atoms with Crippen LogP contribution in [0.2, 0.25) is 5.15 Å². The fourth-order valence-electron chi connectivity index (χ4n) is 3.75. The summed E-state index contributed by atoms with van der Waals surface area (Å²) in [6.45, 7) is 4.11. The van der Waals surface area contributed by atoms with Crippen molar-refractivity contribution in [2.24, 2.45) is 0 Å². The van der Waals surface area contributed by atoms with Gasteiger partial charge in [-0.05, 0) is 32.1 Å². The molecule has 1 saturated heterocycles. The summed E-state index contributed by atoms with van der Waals surface area (Å²) in [4.78, 5) is 16.3. The topological polar surface area (TPSA) is 77.2 Å². The van der Waals surface area contributed by atoms with Crippen LogP contribution in [0.3, 0.4) is 0 Å². The van der Waals surface area contributed by atoms with Gasteiger partial charge in [0.2, 0.25) is 11.7 Å². The molecule has 7 nitrogen and oxygen atoms in total. The van der Waals surface area contributed by atoms with Crippen molar-refractivity contribution in [2.75, 3.05) is 24.6 Å². The summed E-state index contributed by atoms with van der Waals surface area (Å²) in [5.74, 6) is 4.11. The van der Waals surface area contributed by atoms with Crippen LogP contribution in [-0.2, 0) is 11.2 Å². The Balaban J connectivity index is 1.41. The molecule has 0 aromatic carbocycles. The van der Waals surface area contributed by atoms with Crippen LogP contribution >= 0.6 is 11.6 Å². The normalized spacial score (nSPS) is 23.5. The summed E-state index contributed by atoms with van der Waals surface area (Å²) < 4.78 is 11.4. The molecule has 144 valence electrons. The van der Waals surface area contributed by atoms with Gasteiger partial charge in [0.15, 0.2) is 0 Å². The molecular weight excluding hydrogens is 366 g/mol. The Bertz CT molecular complexity index is 834. The number of aromatic nitrogens is 4. The fraction of sp³-hybridized carbons (Fsp3) is 0.684. The van der Waals surface area contributed by atoms with Gasteiger partial charge >= 0.3 is 0 Å². The highest BCUT2D eigenvalue weighted by molar-refractivity contribution is 6.30. The van der Waals surface area contributed by atoms with E-state index in [1.165, 1.54) is 6.42 Å². The van der Waals surface area contributed by atoms with Crippen LogP contribution in [0.4, 0.5) is 5.82 Å². The van der Waals surface area contributed by atoms with Gasteiger partial charge in [-0.25, -0.2) is 9.97 Å². The predicted molar refractivity (Wildman–Crippen MR) is 100 cm³/mol. The van der Waals surface area contributed by atoms with Crippen LogP contribution in [0.15, 0.2) is 4.52 Å². The quantitative estimate of drug-likeness (QED) is 0.719. The fourth-order valence-corrected chi connectivity index (χ4v) is 4.05. The molecule has 2 aromatic heterocycles. The third-order valence-electron chi connectivity index (χ3n) is 5.81. The standard InChI is InChI=1S/C19H24ClN5O2/c1-2-13-15(20)21-16(11-4-3-5-11)22-18(13)25-8-9-26-14(10-25)17-23-19(27-24-17)12-6-7-12/h11-12,14H,2-10H2,1H3. The molecule has 0 N–H and O–H groups in total. The lowest BCUT2D eigenvalue weighted by Crippen LogP contribution is -2.40. The Hall–Kier alpha value is -1.73. The summed E-state index contributed by atoms with van der Waals surface area (Å²) in [6.07, 6.45) is 6.43. The first-order valence-corrected chi connectivity index (χ1v) is 10.4. The van der Waals surface area contributed by atoms with E-state index in [0.717, 1.165) is 61.7 Å². The van der Waals surface area contributed by atoms with E-state index >= 15 is 0 Å². The maximum absolute atomic E-state index is 6.53. The zero-order valence-corrected chi connectivity index (χ0v) is 16.3. The average molecular weight is 390 g/mol. The number of anilines is 1. The van der Waals surface area contributed by atoms with E-state index < -0.39 is 0 Å². The summed E-state index contributed by atoms with van der Waals surface area (Å²) in [5, 5.41) is 4.75. The minimum absolute atomic E-state index is 0.208. The van der Waals surface area contributed by atoms with E-state index in [4.69, 9.17) is 25.8 Å². The molecule has 1 aliphatic heterocycles. The average Bonchev–Trinajstić information content (AvgIpc) is 3.37. The Morgan fingerprint density at radius 2 is 1.93 bits per heavy atom. The monoisotopic (exact) mass is 389 g/mol. The first-order chi connectivity index (χ1) is 13.2. The predicted octanol–water partition coefficient (Wildman–Crippen LogP) is 3.80. The molecule has 0 radical (unpaired) electrons. The van der Waals surface area contributed by atoms with Crippen LogP contribution in [0.25, 0.3) is 0 Å². The molecule has 2 aromatic rings. The van der Waals surface area contributed by atoms with Gasteiger partial charge in [0.1, 0.15) is 22.9 Å². The Kier molecular flexibility index (Phi) is 4.52. The maximum atomic E-state index is 6.53. The van der Waals surface area contributed by atoms with E-state index in [1.807, 2.05) is 0 Å². The largest absolute Gasteiger partial charge is 0.366 e.